The summed E-state index contributed by atoms with van der Waals surface area (Å²) in [6.45, 7) is 6.53. The molecular weight excluding hydrogens is 325 g/mol. The lowest BCUT2D eigenvalue weighted by Gasteiger charge is -2.14. The number of hydrogen-bond acceptors (Lipinski definition) is 5. The molecule has 5 nitrogen and oxygen atoms in total. The fraction of sp³-hybridized carbons (Fsp3) is 0.200. The molecule has 0 aliphatic rings. The third kappa shape index (κ3) is 3.96. The van der Waals surface area contributed by atoms with Crippen molar-refractivity contribution in [1.82, 2.24) is 9.97 Å². The van der Waals surface area contributed by atoms with E-state index in [2.05, 4.69) is 21.9 Å². The number of anilines is 1. The van der Waals surface area contributed by atoms with Crippen molar-refractivity contribution >= 4 is 30.0 Å². The summed E-state index contributed by atoms with van der Waals surface area (Å²) in [7, 11) is 7.45. The Kier molecular flexibility index (Phi) is 5.41. The van der Waals surface area contributed by atoms with Crippen molar-refractivity contribution in [2.24, 2.45) is 0 Å². The van der Waals surface area contributed by atoms with Gasteiger partial charge in [-0.1, -0.05) is 42.4 Å². The van der Waals surface area contributed by atoms with Gasteiger partial charge in [0.25, 0.3) is 0 Å². The van der Waals surface area contributed by atoms with E-state index in [1.54, 1.807) is 13.2 Å². The van der Waals surface area contributed by atoms with Gasteiger partial charge in [-0.2, -0.15) is 0 Å². The van der Waals surface area contributed by atoms with E-state index in [0.717, 1.165) is 27.7 Å². The van der Waals surface area contributed by atoms with Crippen molar-refractivity contribution in [3.63, 3.8) is 0 Å². The Bertz CT molecular complexity index is 944. The van der Waals surface area contributed by atoms with Crippen molar-refractivity contribution in [2.45, 2.75) is 13.5 Å². The number of ether oxygens (including phenoxy) is 2. The molecule has 0 atom stereocenters. The minimum Gasteiger partial charge on any atom is -0.493 e. The van der Waals surface area contributed by atoms with Crippen molar-refractivity contribution in [2.75, 3.05) is 19.0 Å². The van der Waals surface area contributed by atoms with E-state index in [4.69, 9.17) is 17.3 Å². The molecule has 1 heterocycles. The van der Waals surface area contributed by atoms with E-state index in [0.29, 0.717) is 30.5 Å². The average Bonchev–Trinajstić information content (AvgIpc) is 2.63. The molecular formula is C20H20BN3O2. The maximum atomic E-state index is 5.85. The van der Waals surface area contributed by atoms with E-state index >= 15 is 0 Å². The van der Waals surface area contributed by atoms with Gasteiger partial charge >= 0.3 is 0 Å². The van der Waals surface area contributed by atoms with E-state index in [-0.39, 0.29) is 0 Å². The average molecular weight is 345 g/mol. The molecule has 0 bridgehead atoms. The van der Waals surface area contributed by atoms with Gasteiger partial charge in [-0.25, -0.2) is 9.97 Å². The first-order chi connectivity index (χ1) is 12.6. The largest absolute Gasteiger partial charge is 0.493 e. The predicted octanol–water partition coefficient (Wildman–Crippen LogP) is 2.92. The van der Waals surface area contributed by atoms with Gasteiger partial charge in [-0.05, 0) is 18.6 Å². The Hall–Kier alpha value is -3.02. The summed E-state index contributed by atoms with van der Waals surface area (Å²) in [5.41, 5.74) is 2.60. The third-order valence-corrected chi connectivity index (χ3v) is 3.86. The highest BCUT2D eigenvalue weighted by Gasteiger charge is 2.12. The van der Waals surface area contributed by atoms with Gasteiger partial charge in [0.1, 0.15) is 26.1 Å². The zero-order valence-electron chi connectivity index (χ0n) is 15.0. The molecule has 0 saturated heterocycles. The van der Waals surface area contributed by atoms with Crippen LogP contribution in [-0.2, 0) is 6.54 Å². The third-order valence-electron chi connectivity index (χ3n) is 3.86. The number of nitrogens with zero attached hydrogens (tertiary/aromatic N) is 2. The van der Waals surface area contributed by atoms with E-state index in [1.165, 1.54) is 0 Å². The van der Waals surface area contributed by atoms with E-state index < -0.39 is 0 Å². The fourth-order valence-electron chi connectivity index (χ4n) is 2.70. The molecule has 3 rings (SSSR count). The molecule has 26 heavy (non-hydrogen) atoms. The molecule has 0 amide bonds. The smallest absolute Gasteiger partial charge is 0.163 e. The van der Waals surface area contributed by atoms with Crippen LogP contribution >= 0.6 is 0 Å². The second kappa shape index (κ2) is 7.91. The van der Waals surface area contributed by atoms with Gasteiger partial charge in [0.15, 0.2) is 11.5 Å². The number of rotatable bonds is 7. The molecule has 0 spiro atoms. The van der Waals surface area contributed by atoms with Crippen LogP contribution in [0.5, 0.6) is 11.5 Å². The summed E-state index contributed by atoms with van der Waals surface area (Å²) in [6.07, 6.45) is 1.69. The zero-order valence-corrected chi connectivity index (χ0v) is 15.0. The van der Waals surface area contributed by atoms with Gasteiger partial charge in [0, 0.05) is 18.0 Å². The number of nitrogens with one attached hydrogen (secondary N) is 1. The molecule has 0 fully saturated rings. The molecule has 1 aromatic heterocycles. The summed E-state index contributed by atoms with van der Waals surface area (Å²) >= 11 is 0. The van der Waals surface area contributed by atoms with Gasteiger partial charge in [0.2, 0.25) is 0 Å². The molecule has 3 aromatic rings. The summed E-state index contributed by atoms with van der Waals surface area (Å²) < 4.78 is 11.1. The van der Waals surface area contributed by atoms with Crippen LogP contribution in [0.3, 0.4) is 0 Å². The van der Waals surface area contributed by atoms with Crippen molar-refractivity contribution in [3.8, 4) is 11.5 Å². The van der Waals surface area contributed by atoms with Crippen LogP contribution in [0.2, 0.25) is 0 Å². The number of hydrogen-bond donors (Lipinski definition) is 1. The fourth-order valence-corrected chi connectivity index (χ4v) is 2.70. The first-order valence-electron chi connectivity index (χ1n) is 8.29. The quantitative estimate of drug-likeness (QED) is 0.527. The number of methoxy groups -OCH3 is 1. The van der Waals surface area contributed by atoms with Crippen molar-refractivity contribution in [1.29, 1.82) is 0 Å². The first-order valence-corrected chi connectivity index (χ1v) is 8.29. The second-order valence-electron chi connectivity index (χ2n) is 5.84. The highest BCUT2D eigenvalue weighted by Crippen LogP contribution is 2.34. The maximum Gasteiger partial charge on any atom is 0.163 e. The van der Waals surface area contributed by atoms with Crippen LogP contribution in [0.1, 0.15) is 11.4 Å². The number of fused-ring (bicyclic) bond motifs is 1. The zero-order chi connectivity index (χ0) is 18.5. The summed E-state index contributed by atoms with van der Waals surface area (Å²) in [6, 6.07) is 11.5. The van der Waals surface area contributed by atoms with Crippen LogP contribution < -0.4 is 20.3 Å². The number of aromatic nitrogens is 2. The second-order valence-corrected chi connectivity index (χ2v) is 5.84. The minimum atomic E-state index is 0.395. The standard InChI is InChI=1S/C20H20BN3O2/c1-4-8-26-19-11-17-16(10-18(19)25-3)20(24-13(2)23-17)22-12-14-6-5-7-15(21)9-14/h4-7,9-11H,1,8,12H2,2-3H3,(H,22,23,24). The topological polar surface area (TPSA) is 56.3 Å². The van der Waals surface area contributed by atoms with Gasteiger partial charge in [0.05, 0.1) is 12.6 Å². The first kappa shape index (κ1) is 17.8. The lowest BCUT2D eigenvalue weighted by molar-refractivity contribution is 0.327. The Balaban J connectivity index is 1.97. The highest BCUT2D eigenvalue weighted by atomic mass is 16.5. The lowest BCUT2D eigenvalue weighted by Crippen LogP contribution is -2.08. The monoisotopic (exact) mass is 345 g/mol. The maximum absolute atomic E-state index is 5.85. The Morgan fingerprint density at radius 3 is 2.77 bits per heavy atom. The molecule has 0 unspecified atom stereocenters. The molecule has 130 valence electrons. The van der Waals surface area contributed by atoms with Crippen molar-refractivity contribution < 1.29 is 9.47 Å². The molecule has 0 saturated carbocycles. The SMILES string of the molecule is [B]c1cccc(CNc2nc(C)nc3cc(OCC=C)c(OC)cc23)c1. The van der Waals surface area contributed by atoms with E-state index in [1.807, 2.05) is 43.3 Å². The summed E-state index contributed by atoms with van der Waals surface area (Å²) in [4.78, 5) is 9.06. The van der Waals surface area contributed by atoms with Crippen LogP contribution in [0.25, 0.3) is 10.9 Å². The van der Waals surface area contributed by atoms with Gasteiger partial charge in [-0.15, -0.1) is 0 Å². The highest BCUT2D eigenvalue weighted by molar-refractivity contribution is 6.32. The molecule has 2 aromatic carbocycles. The predicted molar refractivity (Wildman–Crippen MR) is 106 cm³/mol. The minimum absolute atomic E-state index is 0.395. The molecule has 1 N–H and O–H groups in total. The van der Waals surface area contributed by atoms with Crippen LogP contribution in [0, 0.1) is 6.92 Å². The van der Waals surface area contributed by atoms with Gasteiger partial charge < -0.3 is 14.8 Å². The summed E-state index contributed by atoms with van der Waals surface area (Å²) in [5.74, 6) is 2.66. The van der Waals surface area contributed by atoms with Crippen LogP contribution in [0.4, 0.5) is 5.82 Å². The van der Waals surface area contributed by atoms with Crippen molar-refractivity contribution in [3.05, 3.63) is 60.4 Å². The number of benzene rings is 2. The lowest BCUT2D eigenvalue weighted by atomic mass is 9.94. The van der Waals surface area contributed by atoms with Crippen LogP contribution in [0.15, 0.2) is 49.1 Å². The Morgan fingerprint density at radius 1 is 1.19 bits per heavy atom. The van der Waals surface area contributed by atoms with Crippen LogP contribution in [-0.4, -0.2) is 31.5 Å². The Labute approximate surface area is 154 Å². The molecule has 0 aliphatic heterocycles. The number of aryl methyl sites for hydroxylation is 1. The molecule has 0 aliphatic carbocycles. The Morgan fingerprint density at radius 2 is 2.04 bits per heavy atom. The molecule has 2 radical (unpaired) electrons. The van der Waals surface area contributed by atoms with Gasteiger partial charge in [-0.3, -0.25) is 0 Å². The normalized spacial score (nSPS) is 10.5. The molecule has 6 heteroatoms. The summed E-state index contributed by atoms with van der Waals surface area (Å²) in [5, 5.41) is 4.23. The van der Waals surface area contributed by atoms with E-state index in [9.17, 15) is 0 Å².